The second kappa shape index (κ2) is 8.05. The van der Waals surface area contributed by atoms with Crippen LogP contribution in [0.2, 0.25) is 0 Å². The minimum absolute atomic E-state index is 0.0465. The fourth-order valence-corrected chi connectivity index (χ4v) is 2.98. The molecule has 0 unspecified atom stereocenters. The molecule has 0 bridgehead atoms. The van der Waals surface area contributed by atoms with Crippen molar-refractivity contribution in [3.05, 3.63) is 16.8 Å². The molecular formula is C15H21N3O3S. The number of fused-ring (bicyclic) bond motifs is 1. The van der Waals surface area contributed by atoms with E-state index in [2.05, 4.69) is 15.3 Å². The van der Waals surface area contributed by atoms with Gasteiger partial charge in [0.25, 0.3) is 5.91 Å². The number of aromatic nitrogens is 2. The van der Waals surface area contributed by atoms with Crippen molar-refractivity contribution in [1.82, 2.24) is 15.3 Å². The second-order valence-corrected chi connectivity index (χ2v) is 6.03. The van der Waals surface area contributed by atoms with E-state index in [-0.39, 0.29) is 12.5 Å². The van der Waals surface area contributed by atoms with Crippen LogP contribution in [0, 0.1) is 13.8 Å². The lowest BCUT2D eigenvalue weighted by molar-refractivity contribution is -0.123. The monoisotopic (exact) mass is 323 g/mol. The minimum atomic E-state index is -0.159. The van der Waals surface area contributed by atoms with E-state index in [9.17, 15) is 4.79 Å². The first-order chi connectivity index (χ1) is 10.6. The van der Waals surface area contributed by atoms with Gasteiger partial charge in [-0.15, -0.1) is 11.3 Å². The largest absolute Gasteiger partial charge is 0.467 e. The summed E-state index contributed by atoms with van der Waals surface area (Å²) in [4.78, 5) is 22.2. The Morgan fingerprint density at radius 3 is 2.95 bits per heavy atom. The highest BCUT2D eigenvalue weighted by atomic mass is 32.1. The normalized spacial score (nSPS) is 10.9. The lowest BCUT2D eigenvalue weighted by Gasteiger charge is -2.08. The Morgan fingerprint density at radius 1 is 1.36 bits per heavy atom. The molecule has 1 N–H and O–H groups in total. The highest BCUT2D eigenvalue weighted by Crippen LogP contribution is 2.33. The molecule has 2 rings (SSSR count). The van der Waals surface area contributed by atoms with E-state index in [0.717, 1.165) is 22.2 Å². The molecule has 0 saturated carbocycles. The van der Waals surface area contributed by atoms with Gasteiger partial charge in [0.1, 0.15) is 11.2 Å². The Kier molecular flexibility index (Phi) is 6.09. The van der Waals surface area contributed by atoms with Gasteiger partial charge in [0.05, 0.1) is 5.39 Å². The summed E-state index contributed by atoms with van der Waals surface area (Å²) in [5.41, 5.74) is 1.10. The van der Waals surface area contributed by atoms with Crippen LogP contribution >= 0.6 is 11.3 Å². The zero-order valence-corrected chi connectivity index (χ0v) is 14.0. The first-order valence-electron chi connectivity index (χ1n) is 7.31. The number of carbonyl (C=O) groups is 1. The van der Waals surface area contributed by atoms with Gasteiger partial charge in [-0.05, 0) is 32.8 Å². The molecule has 1 amide bonds. The third kappa shape index (κ3) is 4.14. The Bertz CT molecular complexity index is 642. The maximum absolute atomic E-state index is 11.8. The van der Waals surface area contributed by atoms with E-state index >= 15 is 0 Å². The Hall–Kier alpha value is -1.73. The van der Waals surface area contributed by atoms with Crippen molar-refractivity contribution in [3.63, 3.8) is 0 Å². The van der Waals surface area contributed by atoms with Crippen LogP contribution in [-0.2, 0) is 9.53 Å². The molecule has 0 spiro atoms. The molecule has 2 aromatic heterocycles. The third-order valence-corrected chi connectivity index (χ3v) is 4.38. The van der Waals surface area contributed by atoms with E-state index in [1.54, 1.807) is 11.3 Å². The number of nitrogens with one attached hydrogen (secondary N) is 1. The van der Waals surface area contributed by atoms with Gasteiger partial charge in [-0.3, -0.25) is 4.79 Å². The third-order valence-electron chi connectivity index (χ3n) is 3.26. The maximum atomic E-state index is 11.8. The average molecular weight is 323 g/mol. The van der Waals surface area contributed by atoms with Crippen molar-refractivity contribution in [3.8, 4) is 5.88 Å². The van der Waals surface area contributed by atoms with Gasteiger partial charge in [0.15, 0.2) is 6.61 Å². The lowest BCUT2D eigenvalue weighted by Crippen LogP contribution is -2.30. The quantitative estimate of drug-likeness (QED) is 0.754. The molecule has 7 heteroatoms. The number of thiophene rings is 1. The van der Waals surface area contributed by atoms with Crippen molar-refractivity contribution in [2.24, 2.45) is 0 Å². The van der Waals surface area contributed by atoms with Gasteiger partial charge in [-0.1, -0.05) is 0 Å². The molecule has 0 aliphatic heterocycles. The van der Waals surface area contributed by atoms with E-state index in [4.69, 9.17) is 9.47 Å². The average Bonchev–Trinajstić information content (AvgIpc) is 2.80. The zero-order valence-electron chi connectivity index (χ0n) is 13.1. The fourth-order valence-electron chi connectivity index (χ4n) is 1.99. The zero-order chi connectivity index (χ0) is 15.9. The van der Waals surface area contributed by atoms with Gasteiger partial charge in [0.2, 0.25) is 5.88 Å². The number of carbonyl (C=O) groups excluding carboxylic acids is 1. The molecule has 0 aliphatic carbocycles. The summed E-state index contributed by atoms with van der Waals surface area (Å²) in [6, 6.07) is 0. The SMILES string of the molecule is CCOCCCNC(=O)COc1ncnc2sc(C)c(C)c12. The summed E-state index contributed by atoms with van der Waals surface area (Å²) in [5, 5.41) is 3.69. The van der Waals surface area contributed by atoms with Crippen LogP contribution in [0.3, 0.4) is 0 Å². The van der Waals surface area contributed by atoms with E-state index < -0.39 is 0 Å². The first kappa shape index (κ1) is 16.6. The Morgan fingerprint density at radius 2 is 2.18 bits per heavy atom. The van der Waals surface area contributed by atoms with Gasteiger partial charge in [0, 0.05) is 24.6 Å². The summed E-state index contributed by atoms with van der Waals surface area (Å²) >= 11 is 1.60. The van der Waals surface area contributed by atoms with Crippen molar-refractivity contribution in [2.45, 2.75) is 27.2 Å². The number of aryl methyl sites for hydroxylation is 2. The predicted octanol–water partition coefficient (Wildman–Crippen LogP) is 2.23. The molecule has 120 valence electrons. The minimum Gasteiger partial charge on any atom is -0.467 e. The van der Waals surface area contributed by atoms with E-state index in [1.807, 2.05) is 20.8 Å². The fraction of sp³-hybridized carbons (Fsp3) is 0.533. The number of nitrogens with zero attached hydrogens (tertiary/aromatic N) is 2. The van der Waals surface area contributed by atoms with Gasteiger partial charge >= 0.3 is 0 Å². The number of amides is 1. The van der Waals surface area contributed by atoms with Crippen LogP contribution in [-0.4, -0.2) is 42.2 Å². The number of ether oxygens (including phenoxy) is 2. The molecule has 0 saturated heterocycles. The van der Waals surface area contributed by atoms with Crippen molar-refractivity contribution >= 4 is 27.5 Å². The van der Waals surface area contributed by atoms with Crippen molar-refractivity contribution in [2.75, 3.05) is 26.4 Å². The number of hydrogen-bond acceptors (Lipinski definition) is 6. The summed E-state index contributed by atoms with van der Waals surface area (Å²) in [5.74, 6) is 0.309. The summed E-state index contributed by atoms with van der Waals surface area (Å²) in [6.07, 6.45) is 2.26. The van der Waals surface area contributed by atoms with Crippen LogP contribution in [0.4, 0.5) is 0 Å². The molecular weight excluding hydrogens is 302 g/mol. The van der Waals surface area contributed by atoms with Crippen molar-refractivity contribution < 1.29 is 14.3 Å². The first-order valence-corrected chi connectivity index (χ1v) is 8.13. The molecule has 0 aliphatic rings. The predicted molar refractivity (Wildman–Crippen MR) is 86.5 cm³/mol. The molecule has 0 radical (unpaired) electrons. The highest BCUT2D eigenvalue weighted by molar-refractivity contribution is 7.18. The van der Waals surface area contributed by atoms with E-state index in [1.165, 1.54) is 11.2 Å². The second-order valence-electron chi connectivity index (χ2n) is 4.83. The summed E-state index contributed by atoms with van der Waals surface area (Å²) in [7, 11) is 0. The number of hydrogen-bond donors (Lipinski definition) is 1. The molecule has 22 heavy (non-hydrogen) atoms. The van der Waals surface area contributed by atoms with Crippen LogP contribution in [0.1, 0.15) is 23.8 Å². The van der Waals surface area contributed by atoms with Gasteiger partial charge < -0.3 is 14.8 Å². The van der Waals surface area contributed by atoms with Crippen LogP contribution in [0.5, 0.6) is 5.88 Å². The molecule has 6 nitrogen and oxygen atoms in total. The molecule has 0 fully saturated rings. The molecule has 0 aromatic carbocycles. The highest BCUT2D eigenvalue weighted by Gasteiger charge is 2.13. The molecule has 0 atom stereocenters. The van der Waals surface area contributed by atoms with Crippen LogP contribution < -0.4 is 10.1 Å². The maximum Gasteiger partial charge on any atom is 0.258 e. The summed E-state index contributed by atoms with van der Waals surface area (Å²) in [6.45, 7) is 7.88. The topological polar surface area (TPSA) is 73.3 Å². The van der Waals surface area contributed by atoms with Gasteiger partial charge in [-0.2, -0.15) is 0 Å². The molecule has 2 aromatic rings. The smallest absolute Gasteiger partial charge is 0.258 e. The van der Waals surface area contributed by atoms with Crippen LogP contribution in [0.15, 0.2) is 6.33 Å². The lowest BCUT2D eigenvalue weighted by atomic mass is 10.2. The van der Waals surface area contributed by atoms with E-state index in [0.29, 0.717) is 25.6 Å². The van der Waals surface area contributed by atoms with Crippen molar-refractivity contribution in [1.29, 1.82) is 0 Å². The van der Waals surface area contributed by atoms with Crippen LogP contribution in [0.25, 0.3) is 10.2 Å². The summed E-state index contributed by atoms with van der Waals surface area (Å²) < 4.78 is 10.8. The molecule has 2 heterocycles. The number of rotatable bonds is 8. The van der Waals surface area contributed by atoms with Gasteiger partial charge in [-0.25, -0.2) is 9.97 Å². The standard InChI is InChI=1S/C15H21N3O3S/c1-4-20-7-5-6-16-12(19)8-21-14-13-10(2)11(3)22-15(13)18-9-17-14/h9H,4-8H2,1-3H3,(H,16,19). The Labute approximate surface area is 133 Å². The Balaban J connectivity index is 1.88.